The molecule has 1 amide bonds. The van der Waals surface area contributed by atoms with Gasteiger partial charge in [0, 0.05) is 6.61 Å². The molecule has 82 valence electrons. The van der Waals surface area contributed by atoms with Crippen LogP contribution < -0.4 is 5.73 Å². The first-order chi connectivity index (χ1) is 6.72. The van der Waals surface area contributed by atoms with Gasteiger partial charge in [-0.15, -0.1) is 0 Å². The average molecular weight is 201 g/mol. The molecule has 0 rings (SSSR count). The third-order valence-electron chi connectivity index (χ3n) is 1.55. The Labute approximate surface area is 85.1 Å². The lowest BCUT2D eigenvalue weighted by Crippen LogP contribution is -2.18. The van der Waals surface area contributed by atoms with Gasteiger partial charge < -0.3 is 15.2 Å². The standard InChI is InChI=1S/C10H19NO3/c1-3-5-6-9(10(11)12)14-8-7-13-4-2/h6H,3-5,7-8H2,1-2H3,(H2,11,12). The van der Waals surface area contributed by atoms with Gasteiger partial charge in [0.05, 0.1) is 6.61 Å². The van der Waals surface area contributed by atoms with Crippen LogP contribution in [0.4, 0.5) is 0 Å². The zero-order valence-electron chi connectivity index (χ0n) is 8.91. The molecule has 0 unspecified atom stereocenters. The number of nitrogens with two attached hydrogens (primary N) is 1. The number of rotatable bonds is 8. The van der Waals surface area contributed by atoms with Gasteiger partial charge in [0.15, 0.2) is 5.76 Å². The third kappa shape index (κ3) is 6.48. The number of hydrogen-bond donors (Lipinski definition) is 1. The SMILES string of the molecule is CCCC=C(OCCOCC)C(N)=O. The van der Waals surface area contributed by atoms with E-state index in [4.69, 9.17) is 15.2 Å². The Kier molecular flexibility index (Phi) is 7.93. The maximum atomic E-state index is 10.9. The quantitative estimate of drug-likeness (QED) is 0.365. The Morgan fingerprint density at radius 3 is 2.57 bits per heavy atom. The lowest BCUT2D eigenvalue weighted by molar-refractivity contribution is -0.118. The van der Waals surface area contributed by atoms with Gasteiger partial charge in [0.1, 0.15) is 6.61 Å². The molecule has 0 aliphatic heterocycles. The van der Waals surface area contributed by atoms with Crippen LogP contribution in [0.25, 0.3) is 0 Å². The summed E-state index contributed by atoms with van der Waals surface area (Å²) in [6.07, 6.45) is 3.48. The van der Waals surface area contributed by atoms with Crippen molar-refractivity contribution in [2.75, 3.05) is 19.8 Å². The van der Waals surface area contributed by atoms with Crippen LogP contribution in [0.15, 0.2) is 11.8 Å². The van der Waals surface area contributed by atoms with Crippen molar-refractivity contribution >= 4 is 5.91 Å². The van der Waals surface area contributed by atoms with E-state index in [9.17, 15) is 4.79 Å². The maximum absolute atomic E-state index is 10.9. The minimum Gasteiger partial charge on any atom is -0.486 e. The Bertz CT molecular complexity index is 190. The molecule has 0 saturated carbocycles. The summed E-state index contributed by atoms with van der Waals surface area (Å²) in [5.41, 5.74) is 5.12. The van der Waals surface area contributed by atoms with Crippen molar-refractivity contribution in [2.45, 2.75) is 26.7 Å². The summed E-state index contributed by atoms with van der Waals surface area (Å²) in [6.45, 7) is 5.42. The van der Waals surface area contributed by atoms with E-state index in [1.165, 1.54) is 0 Å². The number of carbonyl (C=O) groups is 1. The molecule has 0 aromatic carbocycles. The Morgan fingerprint density at radius 2 is 2.07 bits per heavy atom. The molecule has 14 heavy (non-hydrogen) atoms. The molecule has 0 fully saturated rings. The lowest BCUT2D eigenvalue weighted by atomic mass is 10.3. The number of allylic oxidation sites excluding steroid dienone is 1. The number of ether oxygens (including phenoxy) is 2. The molecular formula is C10H19NO3. The molecule has 0 aliphatic rings. The van der Waals surface area contributed by atoms with Crippen molar-refractivity contribution in [2.24, 2.45) is 5.73 Å². The summed E-state index contributed by atoms with van der Waals surface area (Å²) in [6, 6.07) is 0. The van der Waals surface area contributed by atoms with Crippen LogP contribution in [0.2, 0.25) is 0 Å². The molecule has 0 spiro atoms. The van der Waals surface area contributed by atoms with Crippen molar-refractivity contribution in [3.8, 4) is 0 Å². The Morgan fingerprint density at radius 1 is 1.36 bits per heavy atom. The molecule has 4 heteroatoms. The van der Waals surface area contributed by atoms with Crippen molar-refractivity contribution in [1.82, 2.24) is 0 Å². The van der Waals surface area contributed by atoms with E-state index in [-0.39, 0.29) is 5.76 Å². The van der Waals surface area contributed by atoms with E-state index in [0.717, 1.165) is 12.8 Å². The van der Waals surface area contributed by atoms with E-state index in [2.05, 4.69) is 0 Å². The second kappa shape index (κ2) is 8.56. The molecule has 0 saturated heterocycles. The first-order valence-corrected chi connectivity index (χ1v) is 4.92. The monoisotopic (exact) mass is 201 g/mol. The summed E-state index contributed by atoms with van der Waals surface area (Å²) in [5, 5.41) is 0. The molecule has 0 atom stereocenters. The minimum absolute atomic E-state index is 0.242. The lowest BCUT2D eigenvalue weighted by Gasteiger charge is -2.07. The minimum atomic E-state index is -0.519. The normalized spacial score (nSPS) is 11.4. The van der Waals surface area contributed by atoms with Crippen molar-refractivity contribution in [3.05, 3.63) is 11.8 Å². The van der Waals surface area contributed by atoms with Crippen LogP contribution in [0.1, 0.15) is 26.7 Å². The predicted octanol–water partition coefficient (Wildman–Crippen LogP) is 1.21. The van der Waals surface area contributed by atoms with Gasteiger partial charge in [-0.05, 0) is 19.4 Å². The van der Waals surface area contributed by atoms with Gasteiger partial charge in [-0.25, -0.2) is 0 Å². The highest BCUT2D eigenvalue weighted by molar-refractivity contribution is 5.89. The van der Waals surface area contributed by atoms with E-state index in [0.29, 0.717) is 19.8 Å². The number of carbonyl (C=O) groups excluding carboxylic acids is 1. The van der Waals surface area contributed by atoms with Crippen LogP contribution >= 0.6 is 0 Å². The molecule has 2 N–H and O–H groups in total. The largest absolute Gasteiger partial charge is 0.486 e. The molecular weight excluding hydrogens is 182 g/mol. The molecule has 0 aromatic heterocycles. The zero-order chi connectivity index (χ0) is 10.8. The second-order valence-electron chi connectivity index (χ2n) is 2.77. The number of amides is 1. The zero-order valence-corrected chi connectivity index (χ0v) is 8.91. The average Bonchev–Trinajstić information content (AvgIpc) is 2.16. The highest BCUT2D eigenvalue weighted by Gasteiger charge is 2.04. The molecule has 0 heterocycles. The molecule has 0 radical (unpaired) electrons. The van der Waals surface area contributed by atoms with Crippen molar-refractivity contribution in [1.29, 1.82) is 0 Å². The van der Waals surface area contributed by atoms with Gasteiger partial charge in [-0.2, -0.15) is 0 Å². The van der Waals surface area contributed by atoms with E-state index in [1.54, 1.807) is 6.08 Å². The summed E-state index contributed by atoms with van der Waals surface area (Å²) in [5.74, 6) is -0.276. The molecule has 0 aliphatic carbocycles. The fraction of sp³-hybridized carbons (Fsp3) is 0.700. The third-order valence-corrected chi connectivity index (χ3v) is 1.55. The van der Waals surface area contributed by atoms with E-state index >= 15 is 0 Å². The first-order valence-electron chi connectivity index (χ1n) is 4.92. The van der Waals surface area contributed by atoms with Gasteiger partial charge >= 0.3 is 0 Å². The van der Waals surface area contributed by atoms with Gasteiger partial charge in [-0.1, -0.05) is 13.3 Å². The molecule has 0 bridgehead atoms. The van der Waals surface area contributed by atoms with Gasteiger partial charge in [0.25, 0.3) is 5.91 Å². The summed E-state index contributed by atoms with van der Waals surface area (Å²) in [4.78, 5) is 10.9. The van der Waals surface area contributed by atoms with Crippen LogP contribution in [0, 0.1) is 0 Å². The van der Waals surface area contributed by atoms with Crippen molar-refractivity contribution in [3.63, 3.8) is 0 Å². The smallest absolute Gasteiger partial charge is 0.283 e. The van der Waals surface area contributed by atoms with Gasteiger partial charge in [-0.3, -0.25) is 4.79 Å². The first kappa shape index (κ1) is 13.0. The fourth-order valence-electron chi connectivity index (χ4n) is 0.861. The topological polar surface area (TPSA) is 61.6 Å². The highest BCUT2D eigenvalue weighted by Crippen LogP contribution is 2.00. The van der Waals surface area contributed by atoms with Crippen LogP contribution in [0.3, 0.4) is 0 Å². The Hall–Kier alpha value is -1.03. The van der Waals surface area contributed by atoms with E-state index < -0.39 is 5.91 Å². The summed E-state index contributed by atoms with van der Waals surface area (Å²) in [7, 11) is 0. The predicted molar refractivity (Wildman–Crippen MR) is 54.6 cm³/mol. The summed E-state index contributed by atoms with van der Waals surface area (Å²) >= 11 is 0. The van der Waals surface area contributed by atoms with Crippen LogP contribution in [-0.4, -0.2) is 25.7 Å². The van der Waals surface area contributed by atoms with Crippen LogP contribution in [-0.2, 0) is 14.3 Å². The Balaban J connectivity index is 3.80. The number of unbranched alkanes of at least 4 members (excludes halogenated alkanes) is 1. The summed E-state index contributed by atoms with van der Waals surface area (Å²) < 4.78 is 10.2. The molecule has 0 aromatic rings. The van der Waals surface area contributed by atoms with Crippen molar-refractivity contribution < 1.29 is 14.3 Å². The number of primary amides is 1. The molecule has 4 nitrogen and oxygen atoms in total. The van der Waals surface area contributed by atoms with E-state index in [1.807, 2.05) is 13.8 Å². The van der Waals surface area contributed by atoms with Crippen LogP contribution in [0.5, 0.6) is 0 Å². The second-order valence-corrected chi connectivity index (χ2v) is 2.77. The van der Waals surface area contributed by atoms with Gasteiger partial charge in [0.2, 0.25) is 0 Å². The maximum Gasteiger partial charge on any atom is 0.283 e. The number of hydrogen-bond acceptors (Lipinski definition) is 3. The fourth-order valence-corrected chi connectivity index (χ4v) is 0.861. The highest BCUT2D eigenvalue weighted by atomic mass is 16.5.